The summed E-state index contributed by atoms with van der Waals surface area (Å²) in [4.78, 5) is 10.6. The van der Waals surface area contributed by atoms with Crippen LogP contribution in [0.2, 0.25) is 5.02 Å². The zero-order valence-corrected chi connectivity index (χ0v) is 7.96. The molecular weight excluding hydrogens is 207 g/mol. The van der Waals surface area contributed by atoms with Gasteiger partial charge in [-0.3, -0.25) is 4.79 Å². The Hall–Kier alpha value is -1.09. The first kappa shape index (κ1) is 9.46. The molecule has 1 N–H and O–H groups in total. The fraction of sp³-hybridized carbons (Fsp3) is 0.300. The number of aliphatic carboxylic acids is 1. The molecule has 4 heteroatoms. The summed E-state index contributed by atoms with van der Waals surface area (Å²) >= 11 is 5.59. The number of hydrogen-bond donors (Lipinski definition) is 1. The zero-order chi connectivity index (χ0) is 10.3. The van der Waals surface area contributed by atoms with Crippen LogP contribution in [0.4, 0.5) is 4.39 Å². The smallest absolute Gasteiger partial charge is 0.307 e. The van der Waals surface area contributed by atoms with Crippen LogP contribution in [0.3, 0.4) is 0 Å². The molecule has 0 aromatic heterocycles. The minimum Gasteiger partial charge on any atom is -0.481 e. The highest BCUT2D eigenvalue weighted by Gasteiger charge is 2.45. The summed E-state index contributed by atoms with van der Waals surface area (Å²) in [6, 6.07) is 4.69. The van der Waals surface area contributed by atoms with Crippen molar-refractivity contribution >= 4 is 17.6 Å². The lowest BCUT2D eigenvalue weighted by Crippen LogP contribution is -2.00. The molecule has 2 nitrogen and oxygen atoms in total. The molecule has 2 atom stereocenters. The third-order valence-electron chi connectivity index (χ3n) is 2.49. The van der Waals surface area contributed by atoms with Gasteiger partial charge in [0.05, 0.1) is 10.9 Å². The number of benzene rings is 1. The lowest BCUT2D eigenvalue weighted by atomic mass is 10.1. The van der Waals surface area contributed by atoms with Crippen LogP contribution in [0.5, 0.6) is 0 Å². The minimum absolute atomic E-state index is 0.0542. The van der Waals surface area contributed by atoms with Gasteiger partial charge in [0.2, 0.25) is 0 Å². The summed E-state index contributed by atoms with van der Waals surface area (Å²) in [5, 5.41) is 8.74. The first-order valence-electron chi connectivity index (χ1n) is 4.28. The van der Waals surface area contributed by atoms with Crippen molar-refractivity contribution in [3.63, 3.8) is 0 Å². The van der Waals surface area contributed by atoms with Gasteiger partial charge in [0.25, 0.3) is 0 Å². The predicted octanol–water partition coefficient (Wildman–Crippen LogP) is 2.67. The molecular formula is C10H8ClFO2. The van der Waals surface area contributed by atoms with E-state index in [-0.39, 0.29) is 10.9 Å². The topological polar surface area (TPSA) is 37.3 Å². The third kappa shape index (κ3) is 1.48. The van der Waals surface area contributed by atoms with Crippen molar-refractivity contribution in [2.45, 2.75) is 12.3 Å². The summed E-state index contributed by atoms with van der Waals surface area (Å²) in [6.07, 6.45) is 0.507. The fourth-order valence-corrected chi connectivity index (χ4v) is 1.80. The van der Waals surface area contributed by atoms with Gasteiger partial charge in [0.1, 0.15) is 5.82 Å². The van der Waals surface area contributed by atoms with E-state index in [4.69, 9.17) is 16.7 Å². The third-order valence-corrected chi connectivity index (χ3v) is 2.78. The summed E-state index contributed by atoms with van der Waals surface area (Å²) in [6.45, 7) is 0. The predicted molar refractivity (Wildman–Crippen MR) is 49.9 cm³/mol. The number of rotatable bonds is 2. The monoisotopic (exact) mass is 214 g/mol. The van der Waals surface area contributed by atoms with E-state index >= 15 is 0 Å². The molecule has 0 unspecified atom stereocenters. The molecule has 0 spiro atoms. The largest absolute Gasteiger partial charge is 0.481 e. The van der Waals surface area contributed by atoms with E-state index in [2.05, 4.69) is 0 Å². The Bertz CT molecular complexity index is 392. The van der Waals surface area contributed by atoms with Gasteiger partial charge in [-0.1, -0.05) is 23.7 Å². The van der Waals surface area contributed by atoms with Crippen molar-refractivity contribution in [1.29, 1.82) is 0 Å². The standard InChI is InChI=1S/C10H8ClFO2/c11-8-3-1-2-5(9(8)12)6-4-7(6)10(13)14/h1-3,6-7H,4H2,(H,13,14)/t6-,7-/m0/s1. The van der Waals surface area contributed by atoms with Crippen LogP contribution in [0.25, 0.3) is 0 Å². The quantitative estimate of drug-likeness (QED) is 0.822. The molecule has 1 fully saturated rings. The van der Waals surface area contributed by atoms with E-state index < -0.39 is 17.7 Å². The summed E-state index contributed by atoms with van der Waals surface area (Å²) in [5.41, 5.74) is 0.421. The van der Waals surface area contributed by atoms with Crippen LogP contribution in [-0.2, 0) is 4.79 Å². The molecule has 1 aromatic carbocycles. The van der Waals surface area contributed by atoms with Gasteiger partial charge in [0.15, 0.2) is 0 Å². The molecule has 2 rings (SSSR count). The normalized spacial score (nSPS) is 24.7. The summed E-state index contributed by atoms with van der Waals surface area (Å²) in [5.74, 6) is -1.99. The Kier molecular flexibility index (Phi) is 2.19. The highest BCUT2D eigenvalue weighted by atomic mass is 35.5. The number of hydrogen-bond acceptors (Lipinski definition) is 1. The first-order chi connectivity index (χ1) is 6.61. The van der Waals surface area contributed by atoms with Crippen LogP contribution < -0.4 is 0 Å². The maximum atomic E-state index is 13.4. The first-order valence-corrected chi connectivity index (χ1v) is 4.65. The molecule has 1 aromatic rings. The lowest BCUT2D eigenvalue weighted by Gasteiger charge is -2.01. The molecule has 0 amide bonds. The average Bonchev–Trinajstić information content (AvgIpc) is 2.89. The molecule has 14 heavy (non-hydrogen) atoms. The van der Waals surface area contributed by atoms with Gasteiger partial charge >= 0.3 is 5.97 Å². The Balaban J connectivity index is 2.27. The highest BCUT2D eigenvalue weighted by Crippen LogP contribution is 2.48. The molecule has 0 saturated heterocycles. The van der Waals surface area contributed by atoms with Gasteiger partial charge in [-0.05, 0) is 18.1 Å². The Labute approximate surface area is 85.3 Å². The fourth-order valence-electron chi connectivity index (χ4n) is 1.62. The van der Waals surface area contributed by atoms with Gasteiger partial charge in [-0.25, -0.2) is 4.39 Å². The van der Waals surface area contributed by atoms with E-state index in [1.807, 2.05) is 0 Å². The van der Waals surface area contributed by atoms with Gasteiger partial charge in [-0.15, -0.1) is 0 Å². The van der Waals surface area contributed by atoms with Crippen LogP contribution in [0.15, 0.2) is 18.2 Å². The molecule has 0 bridgehead atoms. The lowest BCUT2D eigenvalue weighted by molar-refractivity contribution is -0.138. The highest BCUT2D eigenvalue weighted by molar-refractivity contribution is 6.30. The van der Waals surface area contributed by atoms with Crippen molar-refractivity contribution < 1.29 is 14.3 Å². The van der Waals surface area contributed by atoms with Gasteiger partial charge < -0.3 is 5.11 Å². The number of halogens is 2. The van der Waals surface area contributed by atoms with Gasteiger partial charge in [0, 0.05) is 5.92 Å². The van der Waals surface area contributed by atoms with Crippen molar-refractivity contribution in [1.82, 2.24) is 0 Å². The van der Waals surface area contributed by atoms with Crippen molar-refractivity contribution in [3.05, 3.63) is 34.6 Å². The molecule has 1 aliphatic rings. The number of carbonyl (C=O) groups is 1. The molecule has 74 valence electrons. The van der Waals surface area contributed by atoms with E-state index in [0.717, 1.165) is 0 Å². The molecule has 0 radical (unpaired) electrons. The molecule has 1 aliphatic carbocycles. The van der Waals surface area contributed by atoms with E-state index in [1.54, 1.807) is 12.1 Å². The zero-order valence-electron chi connectivity index (χ0n) is 7.21. The number of carboxylic acid groups (broad SMARTS) is 1. The Morgan fingerprint density at radius 1 is 1.57 bits per heavy atom. The van der Waals surface area contributed by atoms with Crippen LogP contribution >= 0.6 is 11.6 Å². The molecule has 0 heterocycles. The average molecular weight is 215 g/mol. The number of carboxylic acids is 1. The van der Waals surface area contributed by atoms with E-state index in [9.17, 15) is 9.18 Å². The summed E-state index contributed by atoms with van der Waals surface area (Å²) < 4.78 is 13.4. The second-order valence-electron chi connectivity index (χ2n) is 3.43. The molecule has 1 saturated carbocycles. The van der Waals surface area contributed by atoms with E-state index in [1.165, 1.54) is 6.07 Å². The summed E-state index contributed by atoms with van der Waals surface area (Å²) in [7, 11) is 0. The minimum atomic E-state index is -0.866. The maximum Gasteiger partial charge on any atom is 0.307 e. The second kappa shape index (κ2) is 3.24. The Morgan fingerprint density at radius 2 is 2.29 bits per heavy atom. The van der Waals surface area contributed by atoms with Gasteiger partial charge in [-0.2, -0.15) is 0 Å². The SMILES string of the molecule is O=C(O)[C@H]1C[C@H]1c1cccc(Cl)c1F. The van der Waals surface area contributed by atoms with Crippen LogP contribution in [-0.4, -0.2) is 11.1 Å². The second-order valence-corrected chi connectivity index (χ2v) is 3.84. The maximum absolute atomic E-state index is 13.4. The van der Waals surface area contributed by atoms with Crippen molar-refractivity contribution in [3.8, 4) is 0 Å². The van der Waals surface area contributed by atoms with Crippen molar-refractivity contribution in [2.75, 3.05) is 0 Å². The van der Waals surface area contributed by atoms with Crippen LogP contribution in [0.1, 0.15) is 17.9 Å². The van der Waals surface area contributed by atoms with Crippen LogP contribution in [0, 0.1) is 11.7 Å². The molecule has 0 aliphatic heterocycles. The Morgan fingerprint density at radius 3 is 2.86 bits per heavy atom. The van der Waals surface area contributed by atoms with Crippen molar-refractivity contribution in [2.24, 2.45) is 5.92 Å². The van der Waals surface area contributed by atoms with E-state index in [0.29, 0.717) is 12.0 Å².